The first-order valence-corrected chi connectivity index (χ1v) is 6.00. The Labute approximate surface area is 100 Å². The van der Waals surface area contributed by atoms with E-state index < -0.39 is 0 Å². The quantitative estimate of drug-likeness (QED) is 0.880. The lowest BCUT2D eigenvalue weighted by Crippen LogP contribution is -2.43. The molecule has 0 saturated heterocycles. The standard InChI is InChI=1S/C11H16ClN3O/c1-13-8-4-2-3-5-9(8)16-11-7-6-10(12)14-15-11/h6-9,13H,2-5H2,1H3. The molecule has 0 aromatic carbocycles. The summed E-state index contributed by atoms with van der Waals surface area (Å²) in [5, 5.41) is 11.4. The molecule has 1 N–H and O–H groups in total. The highest BCUT2D eigenvalue weighted by atomic mass is 35.5. The van der Waals surface area contributed by atoms with E-state index in [0.717, 1.165) is 12.8 Å². The second-order valence-corrected chi connectivity index (χ2v) is 4.42. The maximum Gasteiger partial charge on any atom is 0.233 e. The van der Waals surface area contributed by atoms with Gasteiger partial charge in [-0.1, -0.05) is 18.0 Å². The highest BCUT2D eigenvalue weighted by molar-refractivity contribution is 6.29. The van der Waals surface area contributed by atoms with E-state index in [2.05, 4.69) is 15.5 Å². The Morgan fingerprint density at radius 1 is 1.31 bits per heavy atom. The summed E-state index contributed by atoms with van der Waals surface area (Å²) in [6.45, 7) is 0. The van der Waals surface area contributed by atoms with Crippen molar-refractivity contribution in [3.05, 3.63) is 17.3 Å². The Kier molecular flexibility index (Phi) is 3.96. The number of nitrogens with one attached hydrogen (secondary N) is 1. The van der Waals surface area contributed by atoms with Gasteiger partial charge in [0, 0.05) is 12.1 Å². The van der Waals surface area contributed by atoms with Crippen molar-refractivity contribution >= 4 is 11.6 Å². The predicted octanol–water partition coefficient (Wildman–Crippen LogP) is 2.04. The highest BCUT2D eigenvalue weighted by Gasteiger charge is 2.25. The van der Waals surface area contributed by atoms with E-state index in [4.69, 9.17) is 16.3 Å². The van der Waals surface area contributed by atoms with Crippen LogP contribution in [0, 0.1) is 0 Å². The summed E-state index contributed by atoms with van der Waals surface area (Å²) in [7, 11) is 1.97. The molecule has 2 atom stereocenters. The van der Waals surface area contributed by atoms with Crippen LogP contribution in [0.2, 0.25) is 5.15 Å². The van der Waals surface area contributed by atoms with E-state index in [9.17, 15) is 0 Å². The smallest absolute Gasteiger partial charge is 0.233 e. The summed E-state index contributed by atoms with van der Waals surface area (Å²) >= 11 is 5.67. The Bertz CT molecular complexity index is 331. The Hall–Kier alpha value is -0.870. The zero-order valence-corrected chi connectivity index (χ0v) is 10.1. The molecule has 1 aliphatic carbocycles. The van der Waals surface area contributed by atoms with E-state index in [-0.39, 0.29) is 6.10 Å². The average Bonchev–Trinajstić information content (AvgIpc) is 2.33. The highest BCUT2D eigenvalue weighted by Crippen LogP contribution is 2.22. The first kappa shape index (κ1) is 11.6. The minimum absolute atomic E-state index is 0.189. The molecule has 16 heavy (non-hydrogen) atoms. The van der Waals surface area contributed by atoms with Gasteiger partial charge in [0.15, 0.2) is 5.15 Å². The lowest BCUT2D eigenvalue weighted by Gasteiger charge is -2.30. The van der Waals surface area contributed by atoms with Gasteiger partial charge < -0.3 is 10.1 Å². The molecule has 0 aliphatic heterocycles. The first-order chi connectivity index (χ1) is 7.79. The second kappa shape index (κ2) is 5.46. The van der Waals surface area contributed by atoms with Crippen LogP contribution in [-0.4, -0.2) is 29.4 Å². The van der Waals surface area contributed by atoms with Crippen LogP contribution < -0.4 is 10.1 Å². The zero-order valence-electron chi connectivity index (χ0n) is 9.32. The fourth-order valence-electron chi connectivity index (χ4n) is 2.09. The summed E-state index contributed by atoms with van der Waals surface area (Å²) in [5.74, 6) is 0.552. The SMILES string of the molecule is CNC1CCCCC1Oc1ccc(Cl)nn1. The topological polar surface area (TPSA) is 47.0 Å². The van der Waals surface area contributed by atoms with Gasteiger partial charge in [-0.15, -0.1) is 10.2 Å². The van der Waals surface area contributed by atoms with Crippen LogP contribution in [0.5, 0.6) is 5.88 Å². The van der Waals surface area contributed by atoms with Crippen molar-refractivity contribution in [3.8, 4) is 5.88 Å². The molecule has 1 heterocycles. The van der Waals surface area contributed by atoms with Gasteiger partial charge in [-0.25, -0.2) is 0 Å². The van der Waals surface area contributed by atoms with E-state index >= 15 is 0 Å². The lowest BCUT2D eigenvalue weighted by molar-refractivity contribution is 0.111. The number of likely N-dealkylation sites (N-methyl/N-ethyl adjacent to an activating group) is 1. The van der Waals surface area contributed by atoms with E-state index in [0.29, 0.717) is 17.1 Å². The summed E-state index contributed by atoms with van der Waals surface area (Å²) in [4.78, 5) is 0. The van der Waals surface area contributed by atoms with Crippen LogP contribution in [0.25, 0.3) is 0 Å². The van der Waals surface area contributed by atoms with Crippen LogP contribution in [0.15, 0.2) is 12.1 Å². The molecule has 5 heteroatoms. The van der Waals surface area contributed by atoms with Crippen molar-refractivity contribution in [2.45, 2.75) is 37.8 Å². The van der Waals surface area contributed by atoms with Crippen LogP contribution in [0.1, 0.15) is 25.7 Å². The van der Waals surface area contributed by atoms with Crippen LogP contribution in [0.3, 0.4) is 0 Å². The van der Waals surface area contributed by atoms with Gasteiger partial charge in [0.05, 0.1) is 0 Å². The molecule has 1 fully saturated rings. The van der Waals surface area contributed by atoms with Crippen molar-refractivity contribution in [2.24, 2.45) is 0 Å². The molecule has 1 aromatic heterocycles. The maximum absolute atomic E-state index is 5.82. The summed E-state index contributed by atoms with van der Waals surface area (Å²) < 4.78 is 5.82. The first-order valence-electron chi connectivity index (χ1n) is 5.63. The lowest BCUT2D eigenvalue weighted by atomic mass is 9.92. The van der Waals surface area contributed by atoms with Crippen LogP contribution in [0.4, 0.5) is 0 Å². The minimum Gasteiger partial charge on any atom is -0.472 e. The molecular formula is C11H16ClN3O. The molecule has 2 rings (SSSR count). The van der Waals surface area contributed by atoms with Gasteiger partial charge in [-0.05, 0) is 32.4 Å². The molecule has 0 spiro atoms. The molecule has 1 saturated carbocycles. The van der Waals surface area contributed by atoms with Gasteiger partial charge in [-0.2, -0.15) is 0 Å². The van der Waals surface area contributed by atoms with E-state index in [1.807, 2.05) is 7.05 Å². The molecule has 4 nitrogen and oxygen atoms in total. The maximum atomic E-state index is 5.82. The Morgan fingerprint density at radius 3 is 2.81 bits per heavy atom. The molecule has 2 unspecified atom stereocenters. The van der Waals surface area contributed by atoms with E-state index in [1.165, 1.54) is 12.8 Å². The number of halogens is 1. The average molecular weight is 242 g/mol. The molecule has 1 aliphatic rings. The fraction of sp³-hybridized carbons (Fsp3) is 0.636. The largest absolute Gasteiger partial charge is 0.472 e. The van der Waals surface area contributed by atoms with Crippen molar-refractivity contribution in [2.75, 3.05) is 7.05 Å². The van der Waals surface area contributed by atoms with Gasteiger partial charge in [-0.3, -0.25) is 0 Å². The van der Waals surface area contributed by atoms with Gasteiger partial charge in [0.25, 0.3) is 0 Å². The fourth-order valence-corrected chi connectivity index (χ4v) is 2.19. The third kappa shape index (κ3) is 2.83. The van der Waals surface area contributed by atoms with Crippen LogP contribution >= 0.6 is 11.6 Å². The van der Waals surface area contributed by atoms with Crippen LogP contribution in [-0.2, 0) is 0 Å². The monoisotopic (exact) mass is 241 g/mol. The Morgan fingerprint density at radius 2 is 2.12 bits per heavy atom. The number of rotatable bonds is 3. The zero-order chi connectivity index (χ0) is 11.4. The van der Waals surface area contributed by atoms with Crippen molar-refractivity contribution < 1.29 is 4.74 Å². The van der Waals surface area contributed by atoms with Gasteiger partial charge in [0.1, 0.15) is 6.10 Å². The van der Waals surface area contributed by atoms with Gasteiger partial charge in [0.2, 0.25) is 5.88 Å². The summed E-state index contributed by atoms with van der Waals surface area (Å²) in [6.07, 6.45) is 4.88. The molecule has 0 radical (unpaired) electrons. The minimum atomic E-state index is 0.189. The summed E-state index contributed by atoms with van der Waals surface area (Å²) in [6, 6.07) is 3.86. The molecule has 1 aromatic rings. The molecular weight excluding hydrogens is 226 g/mol. The second-order valence-electron chi connectivity index (χ2n) is 4.03. The number of nitrogens with zero attached hydrogens (tertiary/aromatic N) is 2. The van der Waals surface area contributed by atoms with Gasteiger partial charge >= 0.3 is 0 Å². The van der Waals surface area contributed by atoms with Crippen molar-refractivity contribution in [1.82, 2.24) is 15.5 Å². The predicted molar refractivity (Wildman–Crippen MR) is 62.8 cm³/mol. The normalized spacial score (nSPS) is 25.4. The third-order valence-electron chi connectivity index (χ3n) is 2.95. The molecule has 88 valence electrons. The number of ether oxygens (including phenoxy) is 1. The molecule has 0 amide bonds. The van der Waals surface area contributed by atoms with Crippen molar-refractivity contribution in [1.29, 1.82) is 0 Å². The molecule has 0 bridgehead atoms. The number of hydrogen-bond acceptors (Lipinski definition) is 4. The van der Waals surface area contributed by atoms with Crippen molar-refractivity contribution in [3.63, 3.8) is 0 Å². The third-order valence-corrected chi connectivity index (χ3v) is 3.15. The summed E-state index contributed by atoms with van der Waals surface area (Å²) in [5.41, 5.74) is 0. The number of aromatic nitrogens is 2. The Balaban J connectivity index is 1.99. The van der Waals surface area contributed by atoms with E-state index in [1.54, 1.807) is 12.1 Å². The number of hydrogen-bond donors (Lipinski definition) is 1.